The maximum absolute atomic E-state index is 5.48. The van der Waals surface area contributed by atoms with E-state index in [4.69, 9.17) is 4.74 Å². The van der Waals surface area contributed by atoms with Gasteiger partial charge < -0.3 is 14.5 Å². The average Bonchev–Trinajstić information content (AvgIpc) is 3.22. The molecule has 3 rings (SSSR count). The van der Waals surface area contributed by atoms with Gasteiger partial charge in [-0.2, -0.15) is 11.8 Å². The molecule has 2 aliphatic rings. The van der Waals surface area contributed by atoms with Crippen molar-refractivity contribution in [3.63, 3.8) is 0 Å². The summed E-state index contributed by atoms with van der Waals surface area (Å²) in [4.78, 5) is 5.26. The van der Waals surface area contributed by atoms with Crippen molar-refractivity contribution in [1.29, 1.82) is 0 Å². The Balaban J connectivity index is 1.42. The minimum Gasteiger partial charge on any atom is -0.496 e. The first-order valence-electron chi connectivity index (χ1n) is 8.63. The molecule has 0 amide bonds. The molecule has 1 aromatic rings. The summed E-state index contributed by atoms with van der Waals surface area (Å²) in [7, 11) is 1.76. The Morgan fingerprint density at radius 2 is 1.96 bits per heavy atom. The Labute approximate surface area is 152 Å². The number of thioether (sulfide) groups is 1. The Bertz CT molecular complexity index is 508. The molecule has 0 aromatic heterocycles. The molecule has 0 bridgehead atoms. The molecule has 2 heterocycles. The first kappa shape index (κ1) is 17.6. The van der Waals surface area contributed by atoms with Gasteiger partial charge >= 0.3 is 0 Å². The second kappa shape index (κ2) is 8.75. The largest absolute Gasteiger partial charge is 0.496 e. The number of hydrogen-bond acceptors (Lipinski definition) is 4. The van der Waals surface area contributed by atoms with Gasteiger partial charge in [0.25, 0.3) is 0 Å². The zero-order valence-corrected chi connectivity index (χ0v) is 16.4. The van der Waals surface area contributed by atoms with E-state index in [-0.39, 0.29) is 0 Å². The molecule has 2 saturated heterocycles. The lowest BCUT2D eigenvalue weighted by molar-refractivity contribution is 0.258. The van der Waals surface area contributed by atoms with Crippen molar-refractivity contribution in [1.82, 2.24) is 9.80 Å². The first-order chi connectivity index (χ1) is 11.2. The van der Waals surface area contributed by atoms with Crippen LogP contribution < -0.4 is 4.74 Å². The number of rotatable bonds is 7. The van der Waals surface area contributed by atoms with Gasteiger partial charge in [0.2, 0.25) is 0 Å². The van der Waals surface area contributed by atoms with Gasteiger partial charge in [-0.3, -0.25) is 0 Å². The molecular weight excluding hydrogens is 372 g/mol. The molecule has 0 aliphatic carbocycles. The molecule has 1 unspecified atom stereocenters. The van der Waals surface area contributed by atoms with Crippen LogP contribution in [0.5, 0.6) is 5.75 Å². The topological polar surface area (TPSA) is 15.7 Å². The molecule has 2 fully saturated rings. The third kappa shape index (κ3) is 5.12. The zero-order chi connectivity index (χ0) is 16.1. The van der Waals surface area contributed by atoms with Crippen LogP contribution in [0.3, 0.4) is 0 Å². The molecule has 3 nitrogen and oxygen atoms in total. The predicted octanol–water partition coefficient (Wildman–Crippen LogP) is 3.86. The first-order valence-corrected chi connectivity index (χ1v) is 10.5. The number of methoxy groups -OCH3 is 1. The van der Waals surface area contributed by atoms with Crippen LogP contribution in [0.15, 0.2) is 22.7 Å². The van der Waals surface area contributed by atoms with Crippen molar-refractivity contribution in [3.05, 3.63) is 28.2 Å². The molecule has 128 valence electrons. The molecule has 2 aliphatic heterocycles. The fourth-order valence-corrected chi connectivity index (χ4v) is 5.13. The van der Waals surface area contributed by atoms with Gasteiger partial charge in [-0.05, 0) is 57.1 Å². The number of hydrogen-bond donors (Lipinski definition) is 0. The number of nitrogens with zero attached hydrogens (tertiary/aromatic N) is 2. The molecule has 0 spiro atoms. The number of halogens is 1. The van der Waals surface area contributed by atoms with Gasteiger partial charge in [-0.1, -0.05) is 15.9 Å². The third-order valence-electron chi connectivity index (χ3n) is 4.88. The maximum atomic E-state index is 5.48. The second-order valence-electron chi connectivity index (χ2n) is 6.53. The highest BCUT2D eigenvalue weighted by molar-refractivity contribution is 9.10. The van der Waals surface area contributed by atoms with Crippen LogP contribution >= 0.6 is 27.7 Å². The van der Waals surface area contributed by atoms with E-state index in [1.54, 1.807) is 7.11 Å². The van der Waals surface area contributed by atoms with Crippen LogP contribution in [0, 0.1) is 0 Å². The predicted molar refractivity (Wildman–Crippen MR) is 103 cm³/mol. The van der Waals surface area contributed by atoms with Crippen LogP contribution in [0.25, 0.3) is 0 Å². The van der Waals surface area contributed by atoms with Crippen molar-refractivity contribution in [3.8, 4) is 5.75 Å². The summed E-state index contributed by atoms with van der Waals surface area (Å²) in [5, 5.41) is 0.761. The fraction of sp³-hybridized carbons (Fsp3) is 0.667. The standard InChI is InChI=1S/C18H27BrN2OS/c1-22-18-5-4-16(19)12-15(18)14-23-17-6-9-21(13-17)11-10-20-7-2-3-8-20/h4-5,12,17H,2-3,6-11,13-14H2,1H3. The highest BCUT2D eigenvalue weighted by Crippen LogP contribution is 2.31. The van der Waals surface area contributed by atoms with Gasteiger partial charge in [0.05, 0.1) is 7.11 Å². The minimum atomic E-state index is 0.761. The summed E-state index contributed by atoms with van der Waals surface area (Å²) < 4.78 is 6.61. The summed E-state index contributed by atoms with van der Waals surface area (Å²) in [5.41, 5.74) is 1.29. The number of benzene rings is 1. The lowest BCUT2D eigenvalue weighted by Gasteiger charge is -2.20. The average molecular weight is 399 g/mol. The van der Waals surface area contributed by atoms with Crippen LogP contribution in [0.2, 0.25) is 0 Å². The van der Waals surface area contributed by atoms with Gasteiger partial charge in [0.15, 0.2) is 0 Å². The van der Waals surface area contributed by atoms with Crippen molar-refractivity contribution in [2.24, 2.45) is 0 Å². The summed E-state index contributed by atoms with van der Waals surface area (Å²) >= 11 is 5.64. The second-order valence-corrected chi connectivity index (χ2v) is 8.73. The van der Waals surface area contributed by atoms with E-state index in [0.717, 1.165) is 21.2 Å². The van der Waals surface area contributed by atoms with Crippen LogP contribution in [0.4, 0.5) is 0 Å². The molecule has 0 N–H and O–H groups in total. The monoisotopic (exact) mass is 398 g/mol. The van der Waals surface area contributed by atoms with Crippen molar-refractivity contribution in [2.45, 2.75) is 30.3 Å². The van der Waals surface area contributed by atoms with E-state index in [0.29, 0.717) is 0 Å². The highest BCUT2D eigenvalue weighted by Gasteiger charge is 2.23. The van der Waals surface area contributed by atoms with Crippen molar-refractivity contribution >= 4 is 27.7 Å². The van der Waals surface area contributed by atoms with E-state index < -0.39 is 0 Å². The van der Waals surface area contributed by atoms with Gasteiger partial charge in [0, 0.05) is 40.7 Å². The van der Waals surface area contributed by atoms with Crippen LogP contribution in [-0.2, 0) is 5.75 Å². The van der Waals surface area contributed by atoms with E-state index in [2.05, 4.69) is 49.6 Å². The molecule has 1 atom stereocenters. The number of ether oxygens (including phenoxy) is 1. The van der Waals surface area contributed by atoms with Crippen molar-refractivity contribution < 1.29 is 4.74 Å². The minimum absolute atomic E-state index is 0.761. The van der Waals surface area contributed by atoms with Crippen LogP contribution in [-0.4, -0.2) is 61.4 Å². The van der Waals surface area contributed by atoms with Gasteiger partial charge in [-0.25, -0.2) is 0 Å². The lowest BCUT2D eigenvalue weighted by Crippen LogP contribution is -2.32. The molecule has 23 heavy (non-hydrogen) atoms. The Kier molecular flexibility index (Phi) is 6.69. The van der Waals surface area contributed by atoms with E-state index in [9.17, 15) is 0 Å². The Hall–Kier alpha value is -0.230. The summed E-state index contributed by atoms with van der Waals surface area (Å²) in [6, 6.07) is 6.28. The zero-order valence-electron chi connectivity index (χ0n) is 14.0. The van der Waals surface area contributed by atoms with E-state index in [1.807, 2.05) is 6.07 Å². The van der Waals surface area contributed by atoms with Gasteiger partial charge in [0.1, 0.15) is 5.75 Å². The van der Waals surface area contributed by atoms with E-state index in [1.165, 1.54) is 64.1 Å². The SMILES string of the molecule is COc1ccc(Br)cc1CSC1CCN(CCN2CCCC2)C1. The molecule has 1 aromatic carbocycles. The van der Waals surface area contributed by atoms with E-state index >= 15 is 0 Å². The highest BCUT2D eigenvalue weighted by atomic mass is 79.9. The number of likely N-dealkylation sites (tertiary alicyclic amines) is 2. The van der Waals surface area contributed by atoms with Crippen LogP contribution in [0.1, 0.15) is 24.8 Å². The summed E-state index contributed by atoms with van der Waals surface area (Å²) in [5.74, 6) is 2.04. The maximum Gasteiger partial charge on any atom is 0.122 e. The molecule has 5 heteroatoms. The molecular formula is C18H27BrN2OS. The quantitative estimate of drug-likeness (QED) is 0.692. The summed E-state index contributed by atoms with van der Waals surface area (Å²) in [6.45, 7) is 7.65. The molecule has 0 saturated carbocycles. The normalized spacial score (nSPS) is 22.8. The summed E-state index contributed by atoms with van der Waals surface area (Å²) in [6.07, 6.45) is 4.11. The molecule has 0 radical (unpaired) electrons. The Morgan fingerprint density at radius 3 is 2.74 bits per heavy atom. The van der Waals surface area contributed by atoms with Gasteiger partial charge in [-0.15, -0.1) is 0 Å². The third-order valence-corrected chi connectivity index (χ3v) is 6.70. The fourth-order valence-electron chi connectivity index (χ4n) is 3.49. The lowest BCUT2D eigenvalue weighted by atomic mass is 10.2. The van der Waals surface area contributed by atoms with Crippen molar-refractivity contribution in [2.75, 3.05) is 46.4 Å². The Morgan fingerprint density at radius 1 is 1.17 bits per heavy atom. The smallest absolute Gasteiger partial charge is 0.122 e.